The lowest BCUT2D eigenvalue weighted by atomic mass is 9.87. The highest BCUT2D eigenvalue weighted by atomic mass is 16.3. The molecule has 4 rings (SSSR count). The minimum absolute atomic E-state index is 0.571. The van der Waals surface area contributed by atoms with Crippen molar-refractivity contribution in [1.29, 1.82) is 0 Å². The van der Waals surface area contributed by atoms with Gasteiger partial charge in [0.25, 0.3) is 0 Å². The highest BCUT2D eigenvalue weighted by molar-refractivity contribution is 5.91. The number of nitrogens with two attached hydrogens (primary N) is 1. The maximum absolute atomic E-state index is 5.78. The van der Waals surface area contributed by atoms with Crippen LogP contribution in [0.5, 0.6) is 0 Å². The van der Waals surface area contributed by atoms with Gasteiger partial charge >= 0.3 is 0 Å². The van der Waals surface area contributed by atoms with E-state index in [2.05, 4.69) is 4.98 Å². The molecule has 2 heterocycles. The van der Waals surface area contributed by atoms with Crippen LogP contribution in [0.25, 0.3) is 22.4 Å². The Morgan fingerprint density at radius 1 is 1.29 bits per heavy atom. The predicted octanol–water partition coefficient (Wildman–Crippen LogP) is 2.95. The number of aromatic nitrogens is 2. The lowest BCUT2D eigenvalue weighted by molar-refractivity contribution is 0.462. The number of hydrogen-bond acceptors (Lipinski definition) is 4. The zero-order chi connectivity index (χ0) is 14.2. The molecule has 4 heteroatoms. The Bertz CT molecular complexity index is 794. The van der Waals surface area contributed by atoms with E-state index in [0.29, 0.717) is 5.92 Å². The molecule has 1 unspecified atom stereocenters. The second-order valence-electron chi connectivity index (χ2n) is 5.66. The third kappa shape index (κ3) is 2.12. The molecule has 0 aliphatic heterocycles. The van der Waals surface area contributed by atoms with Crippen molar-refractivity contribution >= 4 is 11.0 Å². The molecule has 2 N–H and O–H groups in total. The predicted molar refractivity (Wildman–Crippen MR) is 81.8 cm³/mol. The van der Waals surface area contributed by atoms with Gasteiger partial charge in [-0.3, -0.25) is 0 Å². The molecule has 0 saturated carbocycles. The SMILES string of the molecule is NCC1CCc2nc(-c3coc4ccccc34)ncc2C1. The normalized spacial score (nSPS) is 17.9. The summed E-state index contributed by atoms with van der Waals surface area (Å²) in [5, 5.41) is 1.06. The fraction of sp³-hybridized carbons (Fsp3) is 0.294. The largest absolute Gasteiger partial charge is 0.464 e. The maximum Gasteiger partial charge on any atom is 0.163 e. The summed E-state index contributed by atoms with van der Waals surface area (Å²) in [6.45, 7) is 0.744. The van der Waals surface area contributed by atoms with Gasteiger partial charge in [0, 0.05) is 17.3 Å². The van der Waals surface area contributed by atoms with Crippen molar-refractivity contribution in [3.05, 3.63) is 48.0 Å². The zero-order valence-electron chi connectivity index (χ0n) is 11.7. The van der Waals surface area contributed by atoms with Gasteiger partial charge in [-0.15, -0.1) is 0 Å². The van der Waals surface area contributed by atoms with Gasteiger partial charge in [0.05, 0.1) is 5.56 Å². The van der Waals surface area contributed by atoms with Gasteiger partial charge in [-0.25, -0.2) is 9.97 Å². The second-order valence-corrected chi connectivity index (χ2v) is 5.66. The highest BCUT2D eigenvalue weighted by Gasteiger charge is 2.20. The third-order valence-corrected chi connectivity index (χ3v) is 4.31. The molecule has 1 aliphatic rings. The summed E-state index contributed by atoms with van der Waals surface area (Å²) in [5.41, 5.74) is 10.0. The summed E-state index contributed by atoms with van der Waals surface area (Å²) < 4.78 is 5.59. The number of aryl methyl sites for hydroxylation is 1. The molecule has 3 aromatic rings. The minimum atomic E-state index is 0.571. The Hall–Kier alpha value is -2.20. The number of nitrogens with zero attached hydrogens (tertiary/aromatic N) is 2. The number of furan rings is 1. The van der Waals surface area contributed by atoms with Crippen molar-refractivity contribution in [3.63, 3.8) is 0 Å². The quantitative estimate of drug-likeness (QED) is 0.783. The van der Waals surface area contributed by atoms with E-state index in [1.165, 1.54) is 5.56 Å². The third-order valence-electron chi connectivity index (χ3n) is 4.31. The summed E-state index contributed by atoms with van der Waals surface area (Å²) in [7, 11) is 0. The standard InChI is InChI=1S/C17H17N3O/c18-8-11-5-6-15-12(7-11)9-19-17(20-15)14-10-21-16-4-2-1-3-13(14)16/h1-4,9-11H,5-8,18H2. The van der Waals surface area contributed by atoms with Crippen molar-refractivity contribution < 1.29 is 4.42 Å². The van der Waals surface area contributed by atoms with Crippen LogP contribution in [0, 0.1) is 5.92 Å². The molecule has 0 radical (unpaired) electrons. The molecule has 1 aromatic carbocycles. The number of benzene rings is 1. The molecule has 21 heavy (non-hydrogen) atoms. The van der Waals surface area contributed by atoms with Crippen LogP contribution in [-0.4, -0.2) is 16.5 Å². The Morgan fingerprint density at radius 3 is 3.10 bits per heavy atom. The molecular formula is C17H17N3O. The van der Waals surface area contributed by atoms with E-state index in [4.69, 9.17) is 15.1 Å². The van der Waals surface area contributed by atoms with E-state index in [1.807, 2.05) is 30.5 Å². The molecule has 1 aliphatic carbocycles. The zero-order valence-corrected chi connectivity index (χ0v) is 11.7. The van der Waals surface area contributed by atoms with Gasteiger partial charge in [-0.05, 0) is 43.4 Å². The van der Waals surface area contributed by atoms with Crippen molar-refractivity contribution in [3.8, 4) is 11.4 Å². The van der Waals surface area contributed by atoms with Gasteiger partial charge in [0.15, 0.2) is 5.82 Å². The number of hydrogen-bond donors (Lipinski definition) is 1. The fourth-order valence-electron chi connectivity index (χ4n) is 3.06. The van der Waals surface area contributed by atoms with Crippen molar-refractivity contribution in [1.82, 2.24) is 9.97 Å². The molecular weight excluding hydrogens is 262 g/mol. The smallest absolute Gasteiger partial charge is 0.163 e. The monoisotopic (exact) mass is 279 g/mol. The first-order valence-electron chi connectivity index (χ1n) is 7.36. The van der Waals surface area contributed by atoms with Crippen LogP contribution in [0.2, 0.25) is 0 Å². The molecule has 1 atom stereocenters. The van der Waals surface area contributed by atoms with Crippen LogP contribution in [0.4, 0.5) is 0 Å². The number of para-hydroxylation sites is 1. The molecule has 0 bridgehead atoms. The van der Waals surface area contributed by atoms with Crippen LogP contribution in [-0.2, 0) is 12.8 Å². The number of rotatable bonds is 2. The molecule has 0 amide bonds. The maximum atomic E-state index is 5.78. The minimum Gasteiger partial charge on any atom is -0.464 e. The molecule has 106 valence electrons. The van der Waals surface area contributed by atoms with Crippen molar-refractivity contribution in [2.24, 2.45) is 11.7 Å². The van der Waals surface area contributed by atoms with Gasteiger partial charge in [0.1, 0.15) is 11.8 Å². The van der Waals surface area contributed by atoms with E-state index < -0.39 is 0 Å². The topological polar surface area (TPSA) is 64.9 Å². The Labute approximate surface area is 123 Å². The lowest BCUT2D eigenvalue weighted by Gasteiger charge is -2.22. The van der Waals surface area contributed by atoms with Crippen LogP contribution < -0.4 is 5.73 Å². The molecule has 4 nitrogen and oxygen atoms in total. The van der Waals surface area contributed by atoms with Gasteiger partial charge < -0.3 is 10.2 Å². The highest BCUT2D eigenvalue weighted by Crippen LogP contribution is 2.30. The van der Waals surface area contributed by atoms with Gasteiger partial charge in [0.2, 0.25) is 0 Å². The van der Waals surface area contributed by atoms with Crippen LogP contribution in [0.1, 0.15) is 17.7 Å². The first kappa shape index (κ1) is 12.5. The molecule has 0 spiro atoms. The van der Waals surface area contributed by atoms with E-state index in [1.54, 1.807) is 6.26 Å². The molecule has 0 saturated heterocycles. The van der Waals surface area contributed by atoms with E-state index in [-0.39, 0.29) is 0 Å². The van der Waals surface area contributed by atoms with E-state index in [9.17, 15) is 0 Å². The van der Waals surface area contributed by atoms with Crippen LogP contribution in [0.15, 0.2) is 41.1 Å². The summed E-state index contributed by atoms with van der Waals surface area (Å²) in [5.74, 6) is 1.33. The van der Waals surface area contributed by atoms with E-state index in [0.717, 1.165) is 53.9 Å². The van der Waals surface area contributed by atoms with Crippen molar-refractivity contribution in [2.45, 2.75) is 19.3 Å². The summed E-state index contributed by atoms with van der Waals surface area (Å²) in [6, 6.07) is 7.98. The second kappa shape index (κ2) is 4.97. The van der Waals surface area contributed by atoms with Gasteiger partial charge in [-0.1, -0.05) is 18.2 Å². The average Bonchev–Trinajstić information content (AvgIpc) is 2.98. The Balaban J connectivity index is 1.77. The molecule has 2 aromatic heterocycles. The van der Waals surface area contributed by atoms with Crippen LogP contribution in [0.3, 0.4) is 0 Å². The first-order chi connectivity index (χ1) is 10.3. The fourth-order valence-corrected chi connectivity index (χ4v) is 3.06. The Kier molecular flexibility index (Phi) is 2.97. The lowest BCUT2D eigenvalue weighted by Crippen LogP contribution is -2.23. The first-order valence-corrected chi connectivity index (χ1v) is 7.36. The number of fused-ring (bicyclic) bond motifs is 2. The Morgan fingerprint density at radius 2 is 2.19 bits per heavy atom. The van der Waals surface area contributed by atoms with Crippen LogP contribution >= 0.6 is 0 Å². The molecule has 0 fully saturated rings. The summed E-state index contributed by atoms with van der Waals surface area (Å²) in [6.07, 6.45) is 6.81. The summed E-state index contributed by atoms with van der Waals surface area (Å²) in [4.78, 5) is 9.30. The van der Waals surface area contributed by atoms with Crippen molar-refractivity contribution in [2.75, 3.05) is 6.54 Å². The van der Waals surface area contributed by atoms with Gasteiger partial charge in [-0.2, -0.15) is 0 Å². The summed E-state index contributed by atoms with van der Waals surface area (Å²) >= 11 is 0. The average molecular weight is 279 g/mol. The van der Waals surface area contributed by atoms with E-state index >= 15 is 0 Å².